The Kier molecular flexibility index (Phi) is 3.33. The van der Waals surface area contributed by atoms with Gasteiger partial charge in [0.2, 0.25) is 5.95 Å². The summed E-state index contributed by atoms with van der Waals surface area (Å²) in [6.07, 6.45) is 0. The number of nitrogens with zero attached hydrogens (tertiary/aromatic N) is 2. The van der Waals surface area contributed by atoms with Crippen LogP contribution in [0.3, 0.4) is 0 Å². The van der Waals surface area contributed by atoms with Crippen LogP contribution in [0.2, 0.25) is 0 Å². The molecule has 0 atom stereocenters. The lowest BCUT2D eigenvalue weighted by atomic mass is 10.2. The zero-order chi connectivity index (χ0) is 13.4. The van der Waals surface area contributed by atoms with Crippen molar-refractivity contribution in [1.82, 2.24) is 9.55 Å². The van der Waals surface area contributed by atoms with Crippen molar-refractivity contribution in [1.29, 1.82) is 0 Å². The first kappa shape index (κ1) is 12.7. The van der Waals surface area contributed by atoms with Crippen molar-refractivity contribution in [2.45, 2.75) is 6.54 Å². The van der Waals surface area contributed by atoms with Crippen molar-refractivity contribution in [3.05, 3.63) is 57.0 Å². The number of fused-ring (bicyclic) bond motifs is 1. The zero-order valence-corrected chi connectivity index (χ0v) is 13.1. The first-order valence-corrected chi connectivity index (χ1v) is 7.38. The second-order valence-electron chi connectivity index (χ2n) is 4.32. The Morgan fingerprint density at radius 1 is 1.00 bits per heavy atom. The average Bonchev–Trinajstić information content (AvgIpc) is 2.68. The van der Waals surface area contributed by atoms with Crippen LogP contribution in [0.1, 0.15) is 5.56 Å². The molecule has 3 rings (SSSR count). The van der Waals surface area contributed by atoms with E-state index in [0.717, 1.165) is 26.5 Å². The lowest BCUT2D eigenvalue weighted by Crippen LogP contribution is -2.04. The molecule has 19 heavy (non-hydrogen) atoms. The van der Waals surface area contributed by atoms with Crippen molar-refractivity contribution in [2.75, 3.05) is 5.73 Å². The topological polar surface area (TPSA) is 43.8 Å². The van der Waals surface area contributed by atoms with Crippen LogP contribution >= 0.6 is 31.9 Å². The lowest BCUT2D eigenvalue weighted by molar-refractivity contribution is 0.838. The summed E-state index contributed by atoms with van der Waals surface area (Å²) in [5.74, 6) is 0.538. The van der Waals surface area contributed by atoms with Crippen LogP contribution in [0.25, 0.3) is 11.0 Å². The Hall–Kier alpha value is -1.33. The van der Waals surface area contributed by atoms with Crippen LogP contribution < -0.4 is 5.73 Å². The number of nitrogens with two attached hydrogens (primary N) is 1. The van der Waals surface area contributed by atoms with E-state index in [2.05, 4.69) is 49.0 Å². The molecule has 0 radical (unpaired) electrons. The van der Waals surface area contributed by atoms with Crippen molar-refractivity contribution in [3.63, 3.8) is 0 Å². The molecule has 0 aliphatic rings. The lowest BCUT2D eigenvalue weighted by Gasteiger charge is -2.06. The van der Waals surface area contributed by atoms with Crippen LogP contribution in [-0.2, 0) is 6.54 Å². The fraction of sp³-hybridized carbons (Fsp3) is 0.0714. The zero-order valence-electron chi connectivity index (χ0n) is 9.98. The quantitative estimate of drug-likeness (QED) is 0.724. The highest BCUT2D eigenvalue weighted by atomic mass is 79.9. The average molecular weight is 381 g/mol. The summed E-state index contributed by atoms with van der Waals surface area (Å²) in [6.45, 7) is 0.719. The summed E-state index contributed by atoms with van der Waals surface area (Å²) >= 11 is 6.88. The van der Waals surface area contributed by atoms with E-state index >= 15 is 0 Å². The van der Waals surface area contributed by atoms with Crippen molar-refractivity contribution in [3.8, 4) is 0 Å². The van der Waals surface area contributed by atoms with Gasteiger partial charge in [0.15, 0.2) is 0 Å². The molecule has 0 saturated heterocycles. The Balaban J connectivity index is 2.05. The van der Waals surface area contributed by atoms with E-state index in [4.69, 9.17) is 5.73 Å². The van der Waals surface area contributed by atoms with Gasteiger partial charge in [-0.3, -0.25) is 0 Å². The number of rotatable bonds is 2. The van der Waals surface area contributed by atoms with E-state index in [1.807, 2.05) is 34.9 Å². The van der Waals surface area contributed by atoms with Gasteiger partial charge < -0.3 is 10.3 Å². The molecule has 0 amide bonds. The van der Waals surface area contributed by atoms with Gasteiger partial charge in [0.25, 0.3) is 0 Å². The monoisotopic (exact) mass is 379 g/mol. The van der Waals surface area contributed by atoms with E-state index in [1.54, 1.807) is 0 Å². The third kappa shape index (κ3) is 2.53. The molecule has 1 aromatic heterocycles. The number of benzene rings is 2. The maximum atomic E-state index is 6.01. The Morgan fingerprint density at radius 3 is 2.42 bits per heavy atom. The van der Waals surface area contributed by atoms with Crippen LogP contribution in [0.15, 0.2) is 51.4 Å². The molecule has 0 unspecified atom stereocenters. The molecular weight excluding hydrogens is 370 g/mol. The summed E-state index contributed by atoms with van der Waals surface area (Å²) in [7, 11) is 0. The second-order valence-corrected chi connectivity index (χ2v) is 6.15. The van der Waals surface area contributed by atoms with Gasteiger partial charge in [-0.25, -0.2) is 4.98 Å². The summed E-state index contributed by atoms with van der Waals surface area (Å²) in [5, 5.41) is 0. The summed E-state index contributed by atoms with van der Waals surface area (Å²) < 4.78 is 4.10. The number of hydrogen-bond acceptors (Lipinski definition) is 2. The van der Waals surface area contributed by atoms with Crippen molar-refractivity contribution >= 4 is 48.8 Å². The normalized spacial score (nSPS) is 11.1. The Bertz CT molecular complexity index is 732. The fourth-order valence-corrected chi connectivity index (χ4v) is 2.67. The Morgan fingerprint density at radius 2 is 1.68 bits per heavy atom. The summed E-state index contributed by atoms with van der Waals surface area (Å²) in [4.78, 5) is 4.39. The van der Waals surface area contributed by atoms with Gasteiger partial charge >= 0.3 is 0 Å². The van der Waals surface area contributed by atoms with E-state index < -0.39 is 0 Å². The standard InChI is InChI=1S/C14H11Br2N3/c15-10-3-1-9(2-4-10)8-19-13-6-5-11(16)7-12(13)18-14(19)17/h1-7H,8H2,(H2,17,18). The van der Waals surface area contributed by atoms with Crippen LogP contribution in [0.4, 0.5) is 5.95 Å². The SMILES string of the molecule is Nc1nc2cc(Br)ccc2n1Cc1ccc(Br)cc1. The molecule has 2 aromatic carbocycles. The molecule has 96 valence electrons. The van der Waals surface area contributed by atoms with Crippen LogP contribution in [0, 0.1) is 0 Å². The minimum atomic E-state index is 0.538. The molecule has 1 heterocycles. The van der Waals surface area contributed by atoms with Gasteiger partial charge in [-0.1, -0.05) is 44.0 Å². The third-order valence-corrected chi connectivity index (χ3v) is 4.02. The van der Waals surface area contributed by atoms with Gasteiger partial charge in [0, 0.05) is 8.95 Å². The summed E-state index contributed by atoms with van der Waals surface area (Å²) in [6, 6.07) is 14.2. The number of nitrogen functional groups attached to an aromatic ring is 1. The molecule has 0 fully saturated rings. The maximum Gasteiger partial charge on any atom is 0.201 e. The minimum absolute atomic E-state index is 0.538. The first-order chi connectivity index (χ1) is 9.13. The van der Waals surface area contributed by atoms with E-state index in [0.29, 0.717) is 5.95 Å². The molecular formula is C14H11Br2N3. The van der Waals surface area contributed by atoms with Gasteiger partial charge in [-0.05, 0) is 35.9 Å². The van der Waals surface area contributed by atoms with Gasteiger partial charge in [0.1, 0.15) is 0 Å². The van der Waals surface area contributed by atoms with Crippen LogP contribution in [-0.4, -0.2) is 9.55 Å². The highest BCUT2D eigenvalue weighted by Gasteiger charge is 2.08. The van der Waals surface area contributed by atoms with E-state index in [-0.39, 0.29) is 0 Å². The molecule has 0 aliphatic heterocycles. The molecule has 0 spiro atoms. The van der Waals surface area contributed by atoms with E-state index in [9.17, 15) is 0 Å². The number of imidazole rings is 1. The molecule has 0 saturated carbocycles. The number of hydrogen-bond donors (Lipinski definition) is 1. The molecule has 5 heteroatoms. The summed E-state index contributed by atoms with van der Waals surface area (Å²) in [5.41, 5.74) is 9.15. The predicted octanol–water partition coefficient (Wildman–Crippen LogP) is 4.19. The highest BCUT2D eigenvalue weighted by Crippen LogP contribution is 2.23. The van der Waals surface area contributed by atoms with Crippen molar-refractivity contribution in [2.24, 2.45) is 0 Å². The molecule has 3 aromatic rings. The van der Waals surface area contributed by atoms with Crippen LogP contribution in [0.5, 0.6) is 0 Å². The second kappa shape index (κ2) is 4.98. The first-order valence-electron chi connectivity index (χ1n) is 5.79. The Labute approximate surface area is 127 Å². The molecule has 0 bridgehead atoms. The largest absolute Gasteiger partial charge is 0.369 e. The molecule has 3 nitrogen and oxygen atoms in total. The fourth-order valence-electron chi connectivity index (χ4n) is 2.06. The number of anilines is 1. The molecule has 0 aliphatic carbocycles. The van der Waals surface area contributed by atoms with Gasteiger partial charge in [-0.15, -0.1) is 0 Å². The van der Waals surface area contributed by atoms with Crippen molar-refractivity contribution < 1.29 is 0 Å². The van der Waals surface area contributed by atoms with Gasteiger partial charge in [0.05, 0.1) is 17.6 Å². The van der Waals surface area contributed by atoms with E-state index in [1.165, 1.54) is 5.56 Å². The number of aromatic nitrogens is 2. The minimum Gasteiger partial charge on any atom is -0.369 e. The smallest absolute Gasteiger partial charge is 0.201 e. The number of halogens is 2. The highest BCUT2D eigenvalue weighted by molar-refractivity contribution is 9.10. The molecule has 2 N–H and O–H groups in total. The van der Waals surface area contributed by atoms with Gasteiger partial charge in [-0.2, -0.15) is 0 Å². The third-order valence-electron chi connectivity index (χ3n) is 2.99. The maximum absolute atomic E-state index is 6.01. The predicted molar refractivity (Wildman–Crippen MR) is 85.1 cm³/mol.